The van der Waals surface area contributed by atoms with Gasteiger partial charge >= 0.3 is 18.2 Å². The fourth-order valence-corrected chi connectivity index (χ4v) is 2.91. The maximum Gasteiger partial charge on any atom is 0.425 e. The Labute approximate surface area is 177 Å². The standard InChI is InChI=1S/C19H24BrN3O6/c1-18(2,3)28-16(25)23(17(26)29-19(4,5)6)14-11(15(24)27-7)8-12(20)13-9-21-10-22(13)14/h8-10H,1-7H3. The lowest BCUT2D eigenvalue weighted by molar-refractivity contribution is 0.0428. The van der Waals surface area contributed by atoms with E-state index in [0.29, 0.717) is 14.9 Å². The van der Waals surface area contributed by atoms with E-state index in [1.807, 2.05) is 0 Å². The van der Waals surface area contributed by atoms with Crippen LogP contribution >= 0.6 is 15.9 Å². The molecule has 158 valence electrons. The molecule has 0 spiro atoms. The second-order valence-electron chi connectivity index (χ2n) is 8.17. The van der Waals surface area contributed by atoms with Gasteiger partial charge in [0.05, 0.1) is 18.8 Å². The smallest absolute Gasteiger partial charge is 0.425 e. The van der Waals surface area contributed by atoms with Crippen molar-refractivity contribution in [3.8, 4) is 0 Å². The van der Waals surface area contributed by atoms with Crippen LogP contribution in [0.3, 0.4) is 0 Å². The lowest BCUT2D eigenvalue weighted by atomic mass is 10.2. The molecule has 0 atom stereocenters. The summed E-state index contributed by atoms with van der Waals surface area (Å²) in [6, 6.07) is 1.44. The average molecular weight is 470 g/mol. The number of imide groups is 1. The fourth-order valence-electron chi connectivity index (χ4n) is 2.39. The molecule has 0 aromatic carbocycles. The molecule has 9 nitrogen and oxygen atoms in total. The Balaban J connectivity index is 2.78. The highest BCUT2D eigenvalue weighted by Gasteiger charge is 2.37. The first kappa shape index (κ1) is 22.7. The highest BCUT2D eigenvalue weighted by atomic mass is 79.9. The lowest BCUT2D eigenvalue weighted by Crippen LogP contribution is -2.45. The van der Waals surface area contributed by atoms with Crippen molar-refractivity contribution in [3.63, 3.8) is 0 Å². The molecule has 0 aliphatic heterocycles. The minimum atomic E-state index is -1.01. The second kappa shape index (κ2) is 8.02. The van der Waals surface area contributed by atoms with Gasteiger partial charge in [-0.15, -0.1) is 0 Å². The van der Waals surface area contributed by atoms with E-state index in [2.05, 4.69) is 20.9 Å². The number of halogens is 1. The number of imidazole rings is 1. The first-order valence-corrected chi connectivity index (χ1v) is 9.53. The number of aromatic nitrogens is 2. The van der Waals surface area contributed by atoms with E-state index in [1.165, 1.54) is 30.1 Å². The summed E-state index contributed by atoms with van der Waals surface area (Å²) >= 11 is 3.36. The predicted molar refractivity (Wildman–Crippen MR) is 109 cm³/mol. The van der Waals surface area contributed by atoms with Crippen LogP contribution in [-0.2, 0) is 14.2 Å². The number of nitrogens with zero attached hydrogens (tertiary/aromatic N) is 3. The number of amides is 2. The molecular formula is C19H24BrN3O6. The molecule has 0 fully saturated rings. The highest BCUT2D eigenvalue weighted by Crippen LogP contribution is 2.31. The van der Waals surface area contributed by atoms with E-state index in [9.17, 15) is 14.4 Å². The van der Waals surface area contributed by atoms with Crippen molar-refractivity contribution in [2.24, 2.45) is 0 Å². The van der Waals surface area contributed by atoms with Gasteiger partial charge in [-0.2, -0.15) is 4.90 Å². The van der Waals surface area contributed by atoms with Crippen LogP contribution in [0.25, 0.3) is 5.52 Å². The number of ether oxygens (including phenoxy) is 3. The third-order valence-corrected chi connectivity index (χ3v) is 4.03. The van der Waals surface area contributed by atoms with E-state index in [1.54, 1.807) is 41.5 Å². The Kier molecular flexibility index (Phi) is 6.27. The number of hydrogen-bond acceptors (Lipinski definition) is 7. The van der Waals surface area contributed by atoms with Crippen LogP contribution in [-0.4, -0.2) is 45.9 Å². The van der Waals surface area contributed by atoms with Gasteiger partial charge in [0.2, 0.25) is 0 Å². The van der Waals surface area contributed by atoms with Crippen molar-refractivity contribution in [1.82, 2.24) is 9.38 Å². The molecule has 0 aliphatic carbocycles. The van der Waals surface area contributed by atoms with Gasteiger partial charge in [0.15, 0.2) is 0 Å². The van der Waals surface area contributed by atoms with Gasteiger partial charge in [-0.05, 0) is 63.5 Å². The summed E-state index contributed by atoms with van der Waals surface area (Å²) in [4.78, 5) is 43.2. The van der Waals surface area contributed by atoms with E-state index in [0.717, 1.165) is 0 Å². The number of hydrogen-bond donors (Lipinski definition) is 0. The van der Waals surface area contributed by atoms with Crippen LogP contribution in [0.15, 0.2) is 23.1 Å². The summed E-state index contributed by atoms with van der Waals surface area (Å²) < 4.78 is 17.6. The van der Waals surface area contributed by atoms with Crippen molar-refractivity contribution < 1.29 is 28.6 Å². The van der Waals surface area contributed by atoms with Gasteiger partial charge in [0.25, 0.3) is 0 Å². The number of fused-ring (bicyclic) bond motifs is 1. The minimum absolute atomic E-state index is 0.0541. The summed E-state index contributed by atoms with van der Waals surface area (Å²) in [5.74, 6) is -0.857. The molecule has 0 saturated heterocycles. The van der Waals surface area contributed by atoms with Crippen molar-refractivity contribution in [3.05, 3.63) is 28.6 Å². The summed E-state index contributed by atoms with van der Waals surface area (Å²) in [7, 11) is 1.20. The van der Waals surface area contributed by atoms with Gasteiger partial charge in [-0.25, -0.2) is 19.4 Å². The van der Waals surface area contributed by atoms with Crippen LogP contribution in [0.2, 0.25) is 0 Å². The highest BCUT2D eigenvalue weighted by molar-refractivity contribution is 9.10. The topological polar surface area (TPSA) is 99.4 Å². The number of anilines is 1. The van der Waals surface area contributed by atoms with E-state index < -0.39 is 29.4 Å². The number of carbonyl (C=O) groups excluding carboxylic acids is 3. The van der Waals surface area contributed by atoms with Crippen LogP contribution in [0, 0.1) is 0 Å². The van der Waals surface area contributed by atoms with Gasteiger partial charge in [-0.3, -0.25) is 4.40 Å². The molecule has 0 bridgehead atoms. The molecular weight excluding hydrogens is 446 g/mol. The molecule has 0 aliphatic rings. The normalized spacial score (nSPS) is 11.9. The van der Waals surface area contributed by atoms with Crippen molar-refractivity contribution in [2.45, 2.75) is 52.7 Å². The van der Waals surface area contributed by atoms with Gasteiger partial charge < -0.3 is 14.2 Å². The van der Waals surface area contributed by atoms with Gasteiger partial charge in [0.1, 0.15) is 28.9 Å². The monoisotopic (exact) mass is 469 g/mol. The van der Waals surface area contributed by atoms with E-state index in [-0.39, 0.29) is 11.4 Å². The molecule has 0 N–H and O–H groups in total. The SMILES string of the molecule is COC(=O)c1cc(Br)c2cncn2c1N(C(=O)OC(C)(C)C)C(=O)OC(C)(C)C. The van der Waals surface area contributed by atoms with E-state index >= 15 is 0 Å². The third kappa shape index (κ3) is 5.26. The lowest BCUT2D eigenvalue weighted by Gasteiger charge is -2.29. The zero-order valence-electron chi connectivity index (χ0n) is 17.4. The van der Waals surface area contributed by atoms with Gasteiger partial charge in [0, 0.05) is 4.47 Å². The van der Waals surface area contributed by atoms with Crippen LogP contribution in [0.1, 0.15) is 51.9 Å². The molecule has 2 aromatic rings. The molecule has 2 rings (SSSR count). The zero-order valence-corrected chi connectivity index (χ0v) is 19.0. The molecule has 29 heavy (non-hydrogen) atoms. The maximum absolute atomic E-state index is 13.0. The van der Waals surface area contributed by atoms with Crippen LogP contribution in [0.5, 0.6) is 0 Å². The number of esters is 1. The largest absolute Gasteiger partial charge is 0.465 e. The molecule has 0 radical (unpaired) electrons. The van der Waals surface area contributed by atoms with Crippen LogP contribution < -0.4 is 4.90 Å². The summed E-state index contributed by atoms with van der Waals surface area (Å²) in [6.07, 6.45) is 0.865. The number of methoxy groups -OCH3 is 1. The quantitative estimate of drug-likeness (QED) is 0.469. The number of carbonyl (C=O) groups is 3. The molecule has 2 aromatic heterocycles. The van der Waals surface area contributed by atoms with Crippen molar-refractivity contribution in [1.29, 1.82) is 0 Å². The molecule has 0 unspecified atom stereocenters. The van der Waals surface area contributed by atoms with Crippen LogP contribution in [0.4, 0.5) is 15.4 Å². The predicted octanol–water partition coefficient (Wildman–Crippen LogP) is 4.56. The average Bonchev–Trinajstić information content (AvgIpc) is 3.03. The van der Waals surface area contributed by atoms with Crippen molar-refractivity contribution >= 4 is 45.4 Å². The Morgan fingerprint density at radius 2 is 1.55 bits per heavy atom. The first-order chi connectivity index (χ1) is 13.2. The summed E-state index contributed by atoms with van der Waals surface area (Å²) in [5, 5.41) is 0. The van der Waals surface area contributed by atoms with Gasteiger partial charge in [-0.1, -0.05) is 0 Å². The van der Waals surface area contributed by atoms with E-state index in [4.69, 9.17) is 14.2 Å². The fraction of sp³-hybridized carbons (Fsp3) is 0.474. The van der Waals surface area contributed by atoms with Crippen molar-refractivity contribution in [2.75, 3.05) is 12.0 Å². The first-order valence-electron chi connectivity index (χ1n) is 8.74. The molecule has 2 heterocycles. The maximum atomic E-state index is 13.0. The molecule has 0 saturated carbocycles. The summed E-state index contributed by atoms with van der Waals surface area (Å²) in [6.45, 7) is 9.96. The number of rotatable bonds is 2. The molecule has 10 heteroatoms. The zero-order chi connectivity index (χ0) is 22.1. The summed E-state index contributed by atoms with van der Waals surface area (Å²) in [5.41, 5.74) is -1.33. The molecule has 2 amide bonds. The Morgan fingerprint density at radius 3 is 2.00 bits per heavy atom. The Bertz CT molecular complexity index is 927. The Hall–Kier alpha value is -2.62. The second-order valence-corrected chi connectivity index (χ2v) is 9.02. The Morgan fingerprint density at radius 1 is 1.03 bits per heavy atom. The third-order valence-electron chi connectivity index (χ3n) is 3.39. The minimum Gasteiger partial charge on any atom is -0.465 e. The number of pyridine rings is 1.